The van der Waals surface area contributed by atoms with E-state index in [0.717, 1.165) is 35.6 Å². The Kier molecular flexibility index (Phi) is 2.44. The zero-order valence-electron chi connectivity index (χ0n) is 9.85. The lowest BCUT2D eigenvalue weighted by Crippen LogP contribution is -2.35. The molecular formula is C13H16N4. The molecule has 4 nitrogen and oxygen atoms in total. The van der Waals surface area contributed by atoms with E-state index in [4.69, 9.17) is 5.73 Å². The van der Waals surface area contributed by atoms with E-state index >= 15 is 0 Å². The Bertz CT molecular complexity index is 512. The SMILES string of the molecule is Cc1cc(-c2cc[nH]c2)nc(C2CC(N)C2)n1. The second-order valence-corrected chi connectivity index (χ2v) is 4.78. The molecule has 17 heavy (non-hydrogen) atoms. The number of hydrogen-bond donors (Lipinski definition) is 2. The zero-order valence-corrected chi connectivity index (χ0v) is 9.85. The van der Waals surface area contributed by atoms with Crippen molar-refractivity contribution in [3.63, 3.8) is 0 Å². The summed E-state index contributed by atoms with van der Waals surface area (Å²) in [7, 11) is 0. The van der Waals surface area contributed by atoms with Gasteiger partial charge in [-0.2, -0.15) is 0 Å². The third kappa shape index (κ3) is 1.96. The summed E-state index contributed by atoms with van der Waals surface area (Å²) < 4.78 is 0. The Morgan fingerprint density at radius 3 is 2.82 bits per heavy atom. The van der Waals surface area contributed by atoms with Crippen LogP contribution in [0.15, 0.2) is 24.5 Å². The van der Waals surface area contributed by atoms with Crippen LogP contribution in [0.3, 0.4) is 0 Å². The summed E-state index contributed by atoms with van der Waals surface area (Å²) in [5.41, 5.74) is 8.94. The molecule has 1 saturated carbocycles. The van der Waals surface area contributed by atoms with Crippen molar-refractivity contribution in [1.82, 2.24) is 15.0 Å². The number of nitrogens with one attached hydrogen (secondary N) is 1. The average molecular weight is 228 g/mol. The lowest BCUT2D eigenvalue weighted by atomic mass is 9.80. The molecule has 2 heterocycles. The van der Waals surface area contributed by atoms with Gasteiger partial charge in [-0.05, 0) is 31.9 Å². The molecule has 2 aromatic rings. The van der Waals surface area contributed by atoms with E-state index in [0.29, 0.717) is 12.0 Å². The van der Waals surface area contributed by atoms with Crippen molar-refractivity contribution in [1.29, 1.82) is 0 Å². The molecule has 0 unspecified atom stereocenters. The first-order chi connectivity index (χ1) is 8.22. The van der Waals surface area contributed by atoms with Gasteiger partial charge in [-0.15, -0.1) is 0 Å². The fraction of sp³-hybridized carbons (Fsp3) is 0.385. The second-order valence-electron chi connectivity index (χ2n) is 4.78. The van der Waals surface area contributed by atoms with Gasteiger partial charge in [0.2, 0.25) is 0 Å². The van der Waals surface area contributed by atoms with Crippen LogP contribution in [0.4, 0.5) is 0 Å². The first-order valence-electron chi connectivity index (χ1n) is 5.96. The largest absolute Gasteiger partial charge is 0.367 e. The molecule has 2 aromatic heterocycles. The highest BCUT2D eigenvalue weighted by molar-refractivity contribution is 5.58. The van der Waals surface area contributed by atoms with Crippen LogP contribution >= 0.6 is 0 Å². The predicted molar refractivity (Wildman–Crippen MR) is 66.5 cm³/mol. The average Bonchev–Trinajstić information content (AvgIpc) is 2.77. The number of hydrogen-bond acceptors (Lipinski definition) is 3. The second kappa shape index (κ2) is 3.96. The van der Waals surface area contributed by atoms with E-state index in [1.807, 2.05) is 31.5 Å². The van der Waals surface area contributed by atoms with Crippen LogP contribution in [0, 0.1) is 6.92 Å². The van der Waals surface area contributed by atoms with Crippen LogP contribution < -0.4 is 5.73 Å². The zero-order chi connectivity index (χ0) is 11.8. The van der Waals surface area contributed by atoms with Gasteiger partial charge < -0.3 is 10.7 Å². The van der Waals surface area contributed by atoms with Crippen LogP contribution in [-0.2, 0) is 0 Å². The smallest absolute Gasteiger partial charge is 0.132 e. The fourth-order valence-electron chi connectivity index (χ4n) is 2.28. The van der Waals surface area contributed by atoms with Crippen molar-refractivity contribution in [3.05, 3.63) is 36.0 Å². The molecule has 0 atom stereocenters. The predicted octanol–water partition coefficient (Wildman–Crippen LogP) is 1.98. The molecule has 0 aliphatic heterocycles. The van der Waals surface area contributed by atoms with Crippen molar-refractivity contribution >= 4 is 0 Å². The van der Waals surface area contributed by atoms with E-state index in [1.54, 1.807) is 0 Å². The number of aromatic nitrogens is 3. The molecule has 0 saturated heterocycles. The summed E-state index contributed by atoms with van der Waals surface area (Å²) in [5.74, 6) is 1.39. The Morgan fingerprint density at radius 1 is 1.35 bits per heavy atom. The normalized spacial score (nSPS) is 23.4. The van der Waals surface area contributed by atoms with Gasteiger partial charge in [0, 0.05) is 35.6 Å². The molecule has 1 aliphatic rings. The molecule has 0 radical (unpaired) electrons. The minimum atomic E-state index is 0.333. The molecule has 1 aliphatic carbocycles. The number of rotatable bonds is 2. The number of aromatic amines is 1. The van der Waals surface area contributed by atoms with Gasteiger partial charge in [0.25, 0.3) is 0 Å². The first-order valence-corrected chi connectivity index (χ1v) is 5.96. The van der Waals surface area contributed by atoms with Gasteiger partial charge in [0.1, 0.15) is 5.82 Å². The summed E-state index contributed by atoms with van der Waals surface area (Å²) in [6, 6.07) is 4.38. The third-order valence-corrected chi connectivity index (χ3v) is 3.30. The lowest BCUT2D eigenvalue weighted by Gasteiger charge is -2.31. The van der Waals surface area contributed by atoms with Crippen molar-refractivity contribution in [2.75, 3.05) is 0 Å². The minimum absolute atomic E-state index is 0.333. The van der Waals surface area contributed by atoms with E-state index in [9.17, 15) is 0 Å². The van der Waals surface area contributed by atoms with Gasteiger partial charge in [-0.1, -0.05) is 0 Å². The fourth-order valence-corrected chi connectivity index (χ4v) is 2.28. The lowest BCUT2D eigenvalue weighted by molar-refractivity contribution is 0.338. The maximum atomic E-state index is 5.82. The molecule has 1 fully saturated rings. The highest BCUT2D eigenvalue weighted by atomic mass is 14.9. The Balaban J connectivity index is 1.95. The monoisotopic (exact) mass is 228 g/mol. The molecule has 4 heteroatoms. The van der Waals surface area contributed by atoms with Gasteiger partial charge >= 0.3 is 0 Å². The summed E-state index contributed by atoms with van der Waals surface area (Å²) in [4.78, 5) is 12.2. The van der Waals surface area contributed by atoms with Crippen LogP contribution in [0.5, 0.6) is 0 Å². The van der Waals surface area contributed by atoms with Crippen molar-refractivity contribution in [3.8, 4) is 11.3 Å². The van der Waals surface area contributed by atoms with Gasteiger partial charge in [0.15, 0.2) is 0 Å². The van der Waals surface area contributed by atoms with Crippen molar-refractivity contribution in [2.24, 2.45) is 5.73 Å². The molecule has 3 N–H and O–H groups in total. The van der Waals surface area contributed by atoms with E-state index in [1.165, 1.54) is 0 Å². The van der Waals surface area contributed by atoms with E-state index in [2.05, 4.69) is 15.0 Å². The maximum Gasteiger partial charge on any atom is 0.132 e. The van der Waals surface area contributed by atoms with Gasteiger partial charge in [-0.25, -0.2) is 9.97 Å². The number of aryl methyl sites for hydroxylation is 1. The molecule has 0 spiro atoms. The maximum absolute atomic E-state index is 5.82. The molecule has 3 rings (SSSR count). The Morgan fingerprint density at radius 2 is 2.18 bits per heavy atom. The summed E-state index contributed by atoms with van der Waals surface area (Å²) in [6.45, 7) is 2.01. The van der Waals surface area contributed by atoms with Crippen LogP contribution in [0.2, 0.25) is 0 Å². The topological polar surface area (TPSA) is 67.6 Å². The van der Waals surface area contributed by atoms with Crippen LogP contribution in [0.25, 0.3) is 11.3 Å². The molecular weight excluding hydrogens is 212 g/mol. The molecule has 0 amide bonds. The number of H-pyrrole nitrogens is 1. The number of nitrogens with two attached hydrogens (primary N) is 1. The molecule has 88 valence electrons. The standard InChI is InChI=1S/C13H16N4/c1-8-4-12(9-2-3-15-7-9)17-13(16-8)10-5-11(14)6-10/h2-4,7,10-11,15H,5-6,14H2,1H3. The summed E-state index contributed by atoms with van der Waals surface area (Å²) in [5, 5.41) is 0. The van der Waals surface area contributed by atoms with Crippen LogP contribution in [-0.4, -0.2) is 21.0 Å². The van der Waals surface area contributed by atoms with Gasteiger partial charge in [0.05, 0.1) is 5.69 Å². The summed E-state index contributed by atoms with van der Waals surface area (Å²) in [6.07, 6.45) is 5.88. The highest BCUT2D eigenvalue weighted by Crippen LogP contribution is 2.34. The van der Waals surface area contributed by atoms with Crippen LogP contribution in [0.1, 0.15) is 30.3 Å². The summed E-state index contributed by atoms with van der Waals surface area (Å²) >= 11 is 0. The van der Waals surface area contributed by atoms with Gasteiger partial charge in [-0.3, -0.25) is 0 Å². The van der Waals surface area contributed by atoms with Crippen molar-refractivity contribution < 1.29 is 0 Å². The quantitative estimate of drug-likeness (QED) is 0.826. The number of nitrogens with zero attached hydrogens (tertiary/aromatic N) is 2. The highest BCUT2D eigenvalue weighted by Gasteiger charge is 2.29. The molecule has 0 bridgehead atoms. The van der Waals surface area contributed by atoms with E-state index < -0.39 is 0 Å². The van der Waals surface area contributed by atoms with E-state index in [-0.39, 0.29) is 0 Å². The molecule has 0 aromatic carbocycles. The van der Waals surface area contributed by atoms with Crippen molar-refractivity contribution in [2.45, 2.75) is 31.7 Å². The first kappa shape index (κ1) is 10.5. The minimum Gasteiger partial charge on any atom is -0.367 e. The Hall–Kier alpha value is -1.68. The Labute approximate surface area is 100 Å². The third-order valence-electron chi connectivity index (χ3n) is 3.30.